The van der Waals surface area contributed by atoms with Gasteiger partial charge in [0.1, 0.15) is 11.5 Å². The molecular formula is C14H19ClN4O. The molecule has 5 nitrogen and oxygen atoms in total. The zero-order valence-electron chi connectivity index (χ0n) is 11.6. The van der Waals surface area contributed by atoms with Crippen LogP contribution in [0.15, 0.2) is 23.0 Å². The number of likely N-dealkylation sites (tertiary alicyclic amines) is 1. The minimum atomic E-state index is 0.368. The minimum absolute atomic E-state index is 0.368. The van der Waals surface area contributed by atoms with Crippen LogP contribution >= 0.6 is 11.6 Å². The fourth-order valence-corrected chi connectivity index (χ4v) is 2.98. The Morgan fingerprint density at radius 2 is 2.30 bits per heavy atom. The van der Waals surface area contributed by atoms with Crippen molar-refractivity contribution in [3.63, 3.8) is 0 Å². The molecule has 0 unspecified atom stereocenters. The van der Waals surface area contributed by atoms with Crippen molar-refractivity contribution < 1.29 is 4.52 Å². The van der Waals surface area contributed by atoms with E-state index >= 15 is 0 Å². The number of nitrogens with zero attached hydrogens (tertiary/aromatic N) is 4. The summed E-state index contributed by atoms with van der Waals surface area (Å²) in [5.41, 5.74) is 1.06. The van der Waals surface area contributed by atoms with Gasteiger partial charge >= 0.3 is 0 Å². The third-order valence-corrected chi connectivity index (χ3v) is 4.01. The molecule has 108 valence electrons. The van der Waals surface area contributed by atoms with Crippen LogP contribution in [0.3, 0.4) is 0 Å². The summed E-state index contributed by atoms with van der Waals surface area (Å²) in [4.78, 5) is 2.47. The Morgan fingerprint density at radius 3 is 3.00 bits per heavy atom. The Hall–Kier alpha value is -1.33. The zero-order valence-corrected chi connectivity index (χ0v) is 12.4. The predicted octanol–water partition coefficient (Wildman–Crippen LogP) is 3.06. The highest BCUT2D eigenvalue weighted by molar-refractivity contribution is 6.30. The van der Waals surface area contributed by atoms with E-state index < -0.39 is 0 Å². The van der Waals surface area contributed by atoms with Crippen molar-refractivity contribution in [2.75, 3.05) is 13.1 Å². The van der Waals surface area contributed by atoms with E-state index in [1.807, 2.05) is 23.9 Å². The van der Waals surface area contributed by atoms with Gasteiger partial charge in [-0.25, -0.2) is 0 Å². The van der Waals surface area contributed by atoms with Gasteiger partial charge in [0.05, 0.1) is 23.8 Å². The number of piperidine rings is 1. The van der Waals surface area contributed by atoms with Gasteiger partial charge in [0.2, 0.25) is 0 Å². The van der Waals surface area contributed by atoms with E-state index in [1.165, 1.54) is 12.8 Å². The van der Waals surface area contributed by atoms with Gasteiger partial charge in [0.15, 0.2) is 0 Å². The van der Waals surface area contributed by atoms with Crippen LogP contribution in [-0.2, 0) is 6.54 Å². The second-order valence-electron chi connectivity index (χ2n) is 5.33. The summed E-state index contributed by atoms with van der Waals surface area (Å²) in [7, 11) is 0. The van der Waals surface area contributed by atoms with Crippen molar-refractivity contribution in [2.45, 2.75) is 38.8 Å². The topological polar surface area (TPSA) is 47.1 Å². The number of hydrogen-bond acceptors (Lipinski definition) is 4. The van der Waals surface area contributed by atoms with Crippen molar-refractivity contribution >= 4 is 11.6 Å². The minimum Gasteiger partial charge on any atom is -0.361 e. The largest absolute Gasteiger partial charge is 0.361 e. The van der Waals surface area contributed by atoms with Crippen LogP contribution in [0.25, 0.3) is 0 Å². The highest BCUT2D eigenvalue weighted by atomic mass is 35.5. The van der Waals surface area contributed by atoms with Gasteiger partial charge in [-0.2, -0.15) is 5.10 Å². The van der Waals surface area contributed by atoms with Crippen LogP contribution < -0.4 is 0 Å². The molecule has 0 aliphatic carbocycles. The molecule has 20 heavy (non-hydrogen) atoms. The number of hydrogen-bond donors (Lipinski definition) is 0. The monoisotopic (exact) mass is 294 g/mol. The van der Waals surface area contributed by atoms with Crippen molar-refractivity contribution in [3.8, 4) is 0 Å². The first-order valence-corrected chi connectivity index (χ1v) is 7.45. The molecular weight excluding hydrogens is 276 g/mol. The highest BCUT2D eigenvalue weighted by Crippen LogP contribution is 2.30. The fourth-order valence-electron chi connectivity index (χ4n) is 2.83. The molecule has 1 fully saturated rings. The molecule has 0 aromatic carbocycles. The van der Waals surface area contributed by atoms with E-state index in [-0.39, 0.29) is 0 Å². The third kappa shape index (κ3) is 3.04. The lowest BCUT2D eigenvalue weighted by Crippen LogP contribution is -2.36. The van der Waals surface area contributed by atoms with Crippen molar-refractivity contribution in [3.05, 3.63) is 34.9 Å². The van der Waals surface area contributed by atoms with Gasteiger partial charge in [-0.15, -0.1) is 0 Å². The smallest absolute Gasteiger partial charge is 0.133 e. The van der Waals surface area contributed by atoms with Gasteiger partial charge in [0.25, 0.3) is 0 Å². The molecule has 3 rings (SSSR count). The Morgan fingerprint density at radius 1 is 1.40 bits per heavy atom. The molecule has 0 bridgehead atoms. The zero-order chi connectivity index (χ0) is 13.9. The van der Waals surface area contributed by atoms with Gasteiger partial charge in [-0.1, -0.05) is 23.2 Å². The Balaban J connectivity index is 1.66. The van der Waals surface area contributed by atoms with Crippen LogP contribution in [0.2, 0.25) is 5.02 Å². The maximum Gasteiger partial charge on any atom is 0.133 e. The molecule has 1 atom stereocenters. The number of halogens is 1. The molecule has 6 heteroatoms. The highest BCUT2D eigenvalue weighted by Gasteiger charge is 2.26. The summed E-state index contributed by atoms with van der Waals surface area (Å²) < 4.78 is 7.11. The van der Waals surface area contributed by atoms with E-state index in [0.717, 1.165) is 37.5 Å². The Bertz CT molecular complexity index is 565. The normalized spacial score (nSPS) is 20.4. The van der Waals surface area contributed by atoms with E-state index in [2.05, 4.69) is 15.2 Å². The second-order valence-corrected chi connectivity index (χ2v) is 5.77. The van der Waals surface area contributed by atoms with E-state index in [0.29, 0.717) is 11.1 Å². The molecule has 2 aromatic rings. The molecule has 1 saturated heterocycles. The summed E-state index contributed by atoms with van der Waals surface area (Å²) in [6, 6.07) is 2.42. The predicted molar refractivity (Wildman–Crippen MR) is 76.6 cm³/mol. The molecule has 0 amide bonds. The molecule has 0 spiro atoms. The first-order chi connectivity index (χ1) is 9.72. The Labute approximate surface area is 123 Å². The fraction of sp³-hybridized carbons (Fsp3) is 0.571. The summed E-state index contributed by atoms with van der Waals surface area (Å²) in [5, 5.41) is 9.10. The van der Waals surface area contributed by atoms with E-state index in [4.69, 9.17) is 16.1 Å². The van der Waals surface area contributed by atoms with Gasteiger partial charge < -0.3 is 4.52 Å². The molecule has 0 N–H and O–H groups in total. The average molecular weight is 295 g/mol. The van der Waals surface area contributed by atoms with Gasteiger partial charge in [-0.3, -0.25) is 9.58 Å². The lowest BCUT2D eigenvalue weighted by molar-refractivity contribution is 0.135. The third-order valence-electron chi connectivity index (χ3n) is 3.82. The first-order valence-electron chi connectivity index (χ1n) is 7.07. The second kappa shape index (κ2) is 5.97. The summed E-state index contributed by atoms with van der Waals surface area (Å²) in [6.07, 6.45) is 7.18. The maximum absolute atomic E-state index is 5.89. The lowest BCUT2D eigenvalue weighted by atomic mass is 9.99. The van der Waals surface area contributed by atoms with Crippen LogP contribution in [0.5, 0.6) is 0 Å². The molecule has 2 aromatic heterocycles. The van der Waals surface area contributed by atoms with Crippen LogP contribution in [0, 0.1) is 6.92 Å². The molecule has 3 heterocycles. The summed E-state index contributed by atoms with van der Waals surface area (Å²) in [5.74, 6) is 0.879. The van der Waals surface area contributed by atoms with Crippen LogP contribution in [0.4, 0.5) is 0 Å². The Kier molecular flexibility index (Phi) is 4.08. The standard InChI is InChI=1S/C14H19ClN4O/c1-11-8-13(17-20-11)14-4-2-3-5-18(14)6-7-19-10-12(15)9-16-19/h8-10,14H,2-7H2,1H3/t14-/m1/s1. The maximum atomic E-state index is 5.89. The molecule has 1 aliphatic rings. The molecule has 0 saturated carbocycles. The van der Waals surface area contributed by atoms with Crippen LogP contribution in [0.1, 0.15) is 36.8 Å². The van der Waals surface area contributed by atoms with Gasteiger partial charge in [0, 0.05) is 18.8 Å². The first kappa shape index (κ1) is 13.6. The van der Waals surface area contributed by atoms with Crippen molar-refractivity contribution in [1.82, 2.24) is 19.8 Å². The van der Waals surface area contributed by atoms with Crippen molar-refractivity contribution in [2.24, 2.45) is 0 Å². The van der Waals surface area contributed by atoms with E-state index in [1.54, 1.807) is 6.20 Å². The lowest BCUT2D eigenvalue weighted by Gasteiger charge is -2.34. The molecule has 1 aliphatic heterocycles. The SMILES string of the molecule is Cc1cc([C@H]2CCCCN2CCn2cc(Cl)cn2)no1. The number of aromatic nitrogens is 3. The quantitative estimate of drug-likeness (QED) is 0.869. The number of rotatable bonds is 4. The van der Waals surface area contributed by atoms with Crippen molar-refractivity contribution in [1.29, 1.82) is 0 Å². The van der Waals surface area contributed by atoms with E-state index in [9.17, 15) is 0 Å². The summed E-state index contributed by atoms with van der Waals surface area (Å²) in [6.45, 7) is 4.84. The summed E-state index contributed by atoms with van der Waals surface area (Å²) >= 11 is 5.89. The molecule has 0 radical (unpaired) electrons. The number of aryl methyl sites for hydroxylation is 1. The van der Waals surface area contributed by atoms with Crippen LogP contribution in [-0.4, -0.2) is 32.9 Å². The average Bonchev–Trinajstić information content (AvgIpc) is 3.06. The van der Waals surface area contributed by atoms with Gasteiger partial charge in [-0.05, 0) is 26.3 Å².